The van der Waals surface area contributed by atoms with E-state index in [2.05, 4.69) is 25.5 Å². The Bertz CT molecular complexity index is 1350. The molecule has 1 fully saturated rings. The zero-order valence-electron chi connectivity index (χ0n) is 20.7. The molecule has 192 valence electrons. The van der Waals surface area contributed by atoms with Crippen LogP contribution < -0.4 is 20.1 Å². The van der Waals surface area contributed by atoms with Gasteiger partial charge in [-0.1, -0.05) is 0 Å². The summed E-state index contributed by atoms with van der Waals surface area (Å²) in [6, 6.07) is 9.41. The van der Waals surface area contributed by atoms with Crippen molar-refractivity contribution in [3.8, 4) is 11.6 Å². The molecule has 0 radical (unpaired) electrons. The second kappa shape index (κ2) is 10.2. The van der Waals surface area contributed by atoms with Gasteiger partial charge in [-0.05, 0) is 43.5 Å². The summed E-state index contributed by atoms with van der Waals surface area (Å²) in [7, 11) is 1.62. The van der Waals surface area contributed by atoms with Gasteiger partial charge in [0.1, 0.15) is 5.75 Å². The van der Waals surface area contributed by atoms with Crippen molar-refractivity contribution < 1.29 is 19.1 Å². The summed E-state index contributed by atoms with van der Waals surface area (Å²) in [6.45, 7) is 3.45. The number of benzene rings is 1. The molecule has 10 heteroatoms. The number of ether oxygens (including phenoxy) is 2. The lowest BCUT2D eigenvalue weighted by atomic mass is 9.94. The van der Waals surface area contributed by atoms with Crippen molar-refractivity contribution in [1.82, 2.24) is 20.2 Å². The zero-order valence-corrected chi connectivity index (χ0v) is 21.5. The molecule has 37 heavy (non-hydrogen) atoms. The third-order valence-electron chi connectivity index (χ3n) is 7.24. The fraction of sp³-hybridized carbons (Fsp3) is 0.407. The van der Waals surface area contributed by atoms with Crippen LogP contribution in [0.4, 0.5) is 5.69 Å². The lowest BCUT2D eigenvalue weighted by molar-refractivity contribution is -0.113. The molecule has 2 N–H and O–H groups in total. The van der Waals surface area contributed by atoms with Crippen molar-refractivity contribution in [2.45, 2.75) is 30.2 Å². The van der Waals surface area contributed by atoms with Crippen LogP contribution in [0.25, 0.3) is 11.0 Å². The first-order valence-electron chi connectivity index (χ1n) is 12.6. The molecule has 1 unspecified atom stereocenters. The fourth-order valence-electron chi connectivity index (χ4n) is 5.31. The van der Waals surface area contributed by atoms with Crippen LogP contribution in [0.1, 0.15) is 28.8 Å². The summed E-state index contributed by atoms with van der Waals surface area (Å²) in [5, 5.41) is 6.04. The van der Waals surface area contributed by atoms with Gasteiger partial charge in [0, 0.05) is 53.7 Å². The van der Waals surface area contributed by atoms with Crippen molar-refractivity contribution in [2.75, 3.05) is 44.4 Å². The molecule has 0 spiro atoms. The summed E-state index contributed by atoms with van der Waals surface area (Å²) in [5.74, 6) is 2.04. The summed E-state index contributed by atoms with van der Waals surface area (Å²) < 4.78 is 11.4. The first-order chi connectivity index (χ1) is 18.1. The number of piperidine rings is 1. The molecule has 6 rings (SSSR count). The molecule has 5 heterocycles. The van der Waals surface area contributed by atoms with Crippen molar-refractivity contribution >= 4 is 40.3 Å². The van der Waals surface area contributed by atoms with Gasteiger partial charge in [0.2, 0.25) is 11.8 Å². The number of amides is 2. The van der Waals surface area contributed by atoms with Gasteiger partial charge in [-0.25, -0.2) is 4.98 Å². The van der Waals surface area contributed by atoms with Gasteiger partial charge in [0.15, 0.2) is 0 Å². The Morgan fingerprint density at radius 2 is 2.14 bits per heavy atom. The molecule has 0 aliphatic carbocycles. The smallest absolute Gasteiger partial charge is 0.251 e. The molecule has 2 amide bonds. The highest BCUT2D eigenvalue weighted by molar-refractivity contribution is 8.00. The molecule has 3 aromatic rings. The van der Waals surface area contributed by atoms with Gasteiger partial charge in [-0.2, -0.15) is 0 Å². The van der Waals surface area contributed by atoms with Gasteiger partial charge in [0.05, 0.1) is 42.4 Å². The predicted octanol–water partition coefficient (Wildman–Crippen LogP) is 3.13. The summed E-state index contributed by atoms with van der Waals surface area (Å²) in [6.07, 6.45) is 4.49. The number of nitrogens with zero attached hydrogens (tertiary/aromatic N) is 3. The van der Waals surface area contributed by atoms with E-state index in [1.54, 1.807) is 19.4 Å². The number of carbonyl (C=O) groups excluding carboxylic acids is 2. The SMILES string of the molecule is COc1ccc2ncc3c(c2n1)CC(CN1CCC(NC(=O)c2ccc4c(c2)NC(=O)CS4)CC1)CO3. The second-order valence-electron chi connectivity index (χ2n) is 9.80. The first kappa shape index (κ1) is 24.0. The van der Waals surface area contributed by atoms with Crippen LogP contribution in [0.3, 0.4) is 0 Å². The number of aromatic nitrogens is 2. The van der Waals surface area contributed by atoms with Crippen molar-refractivity contribution in [2.24, 2.45) is 5.92 Å². The van der Waals surface area contributed by atoms with Crippen molar-refractivity contribution in [3.63, 3.8) is 0 Å². The van der Waals surface area contributed by atoms with Gasteiger partial charge in [0.25, 0.3) is 5.91 Å². The fourth-order valence-corrected chi connectivity index (χ4v) is 6.10. The number of likely N-dealkylation sites (tertiary alicyclic amines) is 1. The molecular weight excluding hydrogens is 490 g/mol. The van der Waals surface area contributed by atoms with E-state index >= 15 is 0 Å². The van der Waals surface area contributed by atoms with Crippen molar-refractivity contribution in [3.05, 3.63) is 47.7 Å². The molecule has 0 saturated carbocycles. The molecular formula is C27H29N5O4S. The van der Waals surface area contributed by atoms with Gasteiger partial charge < -0.3 is 25.0 Å². The quantitative estimate of drug-likeness (QED) is 0.530. The van der Waals surface area contributed by atoms with Crippen LogP contribution in [-0.4, -0.2) is 71.8 Å². The van der Waals surface area contributed by atoms with Gasteiger partial charge in [-0.3, -0.25) is 14.6 Å². The molecule has 9 nitrogen and oxygen atoms in total. The minimum Gasteiger partial charge on any atom is -0.491 e. The lowest BCUT2D eigenvalue weighted by Gasteiger charge is -2.36. The Kier molecular flexibility index (Phi) is 6.60. The Labute approximate surface area is 219 Å². The number of fused-ring (bicyclic) bond motifs is 4. The highest BCUT2D eigenvalue weighted by Gasteiger charge is 2.28. The number of thioether (sulfide) groups is 1. The van der Waals surface area contributed by atoms with Crippen molar-refractivity contribution in [1.29, 1.82) is 0 Å². The normalized spacial score (nSPS) is 19.9. The molecule has 0 bridgehead atoms. The number of hydrogen-bond donors (Lipinski definition) is 2. The minimum atomic E-state index is -0.0909. The van der Waals surface area contributed by atoms with E-state index in [1.165, 1.54) is 11.8 Å². The number of methoxy groups -OCH3 is 1. The standard InChI is InChI=1S/C27H29N5O4S/c1-35-25-5-3-20-26(31-25)19-10-16(14-36-22(19)12-28-20)13-32-8-6-18(7-9-32)29-27(34)17-2-4-23-21(11-17)30-24(33)15-37-23/h2-5,11-12,16,18H,6-10,13-15H2,1H3,(H,29,34)(H,30,33). The average molecular weight is 520 g/mol. The third kappa shape index (κ3) is 5.08. The van der Waals surface area contributed by atoms with Crippen LogP contribution in [0.5, 0.6) is 11.6 Å². The second-order valence-corrected chi connectivity index (χ2v) is 10.8. The number of pyridine rings is 2. The summed E-state index contributed by atoms with van der Waals surface area (Å²) in [5.41, 5.74) is 4.09. The van der Waals surface area contributed by atoms with Gasteiger partial charge >= 0.3 is 0 Å². The number of hydrogen-bond acceptors (Lipinski definition) is 8. The number of rotatable bonds is 5. The van der Waals surface area contributed by atoms with E-state index in [4.69, 9.17) is 9.47 Å². The Morgan fingerprint density at radius 1 is 1.27 bits per heavy atom. The zero-order chi connectivity index (χ0) is 25.4. The monoisotopic (exact) mass is 519 g/mol. The molecule has 3 aliphatic heterocycles. The Hall–Kier alpha value is -3.37. The molecule has 3 aliphatic rings. The Morgan fingerprint density at radius 3 is 2.97 bits per heavy atom. The minimum absolute atomic E-state index is 0.0323. The predicted molar refractivity (Wildman–Crippen MR) is 142 cm³/mol. The lowest BCUT2D eigenvalue weighted by Crippen LogP contribution is -2.46. The van der Waals surface area contributed by atoms with E-state index in [9.17, 15) is 9.59 Å². The van der Waals surface area contributed by atoms with Crippen LogP contribution in [0.2, 0.25) is 0 Å². The number of carbonyl (C=O) groups is 2. The van der Waals surface area contributed by atoms with Crippen LogP contribution in [0.15, 0.2) is 41.4 Å². The topological polar surface area (TPSA) is 106 Å². The van der Waals surface area contributed by atoms with Crippen LogP contribution in [0, 0.1) is 5.92 Å². The first-order valence-corrected chi connectivity index (χ1v) is 13.6. The molecule has 1 aromatic carbocycles. The van der Waals surface area contributed by atoms with E-state index in [1.807, 2.05) is 24.3 Å². The number of anilines is 1. The highest BCUT2D eigenvalue weighted by atomic mass is 32.2. The third-order valence-corrected chi connectivity index (χ3v) is 8.32. The van der Waals surface area contributed by atoms with Crippen LogP contribution in [-0.2, 0) is 11.2 Å². The van der Waals surface area contributed by atoms with E-state index < -0.39 is 0 Å². The van der Waals surface area contributed by atoms with Gasteiger partial charge in [-0.15, -0.1) is 11.8 Å². The maximum Gasteiger partial charge on any atom is 0.251 e. The largest absolute Gasteiger partial charge is 0.491 e. The maximum absolute atomic E-state index is 12.9. The van der Waals surface area contributed by atoms with Crippen LogP contribution >= 0.6 is 11.8 Å². The van der Waals surface area contributed by atoms with E-state index in [0.717, 1.165) is 71.8 Å². The maximum atomic E-state index is 12.9. The summed E-state index contributed by atoms with van der Waals surface area (Å²) in [4.78, 5) is 37.1. The molecule has 1 atom stereocenters. The average Bonchev–Trinajstić information content (AvgIpc) is 2.93. The Balaban J connectivity index is 1.04. The highest BCUT2D eigenvalue weighted by Crippen LogP contribution is 2.34. The molecule has 2 aromatic heterocycles. The summed E-state index contributed by atoms with van der Waals surface area (Å²) >= 11 is 1.50. The van der Waals surface area contributed by atoms with E-state index in [0.29, 0.717) is 29.7 Å². The number of nitrogens with one attached hydrogen (secondary N) is 2. The van der Waals surface area contributed by atoms with E-state index in [-0.39, 0.29) is 17.9 Å². The molecule has 1 saturated heterocycles.